The molecule has 0 atom stereocenters. The molecule has 3 rings (SSSR count). The van der Waals surface area contributed by atoms with Crippen molar-refractivity contribution < 1.29 is 9.18 Å². The predicted octanol–water partition coefficient (Wildman–Crippen LogP) is 3.44. The summed E-state index contributed by atoms with van der Waals surface area (Å²) in [5, 5.41) is 0. The van der Waals surface area contributed by atoms with Gasteiger partial charge in [-0.3, -0.25) is 9.78 Å². The van der Waals surface area contributed by atoms with Gasteiger partial charge in [-0.1, -0.05) is 12.1 Å². The zero-order valence-electron chi connectivity index (χ0n) is 12.6. The average Bonchev–Trinajstić information content (AvgIpc) is 2.45. The number of pyridine rings is 1. The van der Waals surface area contributed by atoms with E-state index in [1.165, 1.54) is 18.6 Å². The maximum atomic E-state index is 13.2. The first-order valence-corrected chi connectivity index (χ1v) is 7.60. The minimum Gasteiger partial charge on any atom is -0.339 e. The van der Waals surface area contributed by atoms with Crippen molar-refractivity contribution >= 4 is 5.91 Å². The zero-order chi connectivity index (χ0) is 15.5. The van der Waals surface area contributed by atoms with Crippen molar-refractivity contribution in [1.29, 1.82) is 0 Å². The van der Waals surface area contributed by atoms with E-state index < -0.39 is 0 Å². The van der Waals surface area contributed by atoms with Gasteiger partial charge >= 0.3 is 0 Å². The SMILES string of the molecule is CN(C(=O)c1ccnc(Cc2cccc(F)c2)c1)C1CCC1. The van der Waals surface area contributed by atoms with E-state index in [2.05, 4.69) is 4.98 Å². The Morgan fingerprint density at radius 3 is 2.82 bits per heavy atom. The maximum absolute atomic E-state index is 13.2. The van der Waals surface area contributed by atoms with Gasteiger partial charge in [0.1, 0.15) is 5.82 Å². The first-order valence-electron chi connectivity index (χ1n) is 7.60. The number of aromatic nitrogens is 1. The first-order chi connectivity index (χ1) is 10.6. The molecule has 0 N–H and O–H groups in total. The molecule has 1 aliphatic carbocycles. The van der Waals surface area contributed by atoms with Gasteiger partial charge < -0.3 is 4.90 Å². The summed E-state index contributed by atoms with van der Waals surface area (Å²) in [5.74, 6) is -0.220. The van der Waals surface area contributed by atoms with Gasteiger partial charge in [0.25, 0.3) is 5.91 Å². The molecule has 1 aliphatic rings. The second-order valence-corrected chi connectivity index (χ2v) is 5.84. The Hall–Kier alpha value is -2.23. The van der Waals surface area contributed by atoms with Crippen LogP contribution in [0.5, 0.6) is 0 Å². The van der Waals surface area contributed by atoms with Crippen LogP contribution in [0.2, 0.25) is 0 Å². The largest absolute Gasteiger partial charge is 0.339 e. The van der Waals surface area contributed by atoms with E-state index in [0.29, 0.717) is 18.0 Å². The molecule has 0 bridgehead atoms. The lowest BCUT2D eigenvalue weighted by Gasteiger charge is -2.34. The van der Waals surface area contributed by atoms with Gasteiger partial charge in [0, 0.05) is 37.0 Å². The quantitative estimate of drug-likeness (QED) is 0.866. The van der Waals surface area contributed by atoms with Crippen LogP contribution in [0.15, 0.2) is 42.6 Å². The Morgan fingerprint density at radius 2 is 2.14 bits per heavy atom. The Kier molecular flexibility index (Phi) is 4.18. The summed E-state index contributed by atoms with van der Waals surface area (Å²) in [5.41, 5.74) is 2.28. The fourth-order valence-corrected chi connectivity index (χ4v) is 2.71. The third kappa shape index (κ3) is 3.16. The van der Waals surface area contributed by atoms with Gasteiger partial charge in [0.05, 0.1) is 0 Å². The van der Waals surface area contributed by atoms with Crippen LogP contribution in [0, 0.1) is 5.82 Å². The molecule has 3 nitrogen and oxygen atoms in total. The number of benzene rings is 1. The standard InChI is InChI=1S/C18H19FN2O/c1-21(17-6-3-7-17)18(22)14-8-9-20-16(12-14)11-13-4-2-5-15(19)10-13/h2,4-5,8-10,12,17H,3,6-7,11H2,1H3. The molecular formula is C18H19FN2O. The lowest BCUT2D eigenvalue weighted by Crippen LogP contribution is -2.41. The number of carbonyl (C=O) groups excluding carboxylic acids is 1. The monoisotopic (exact) mass is 298 g/mol. The molecular weight excluding hydrogens is 279 g/mol. The summed E-state index contributed by atoms with van der Waals surface area (Å²) in [6.45, 7) is 0. The molecule has 0 spiro atoms. The normalized spacial score (nSPS) is 14.5. The van der Waals surface area contributed by atoms with Crippen molar-refractivity contribution in [1.82, 2.24) is 9.88 Å². The number of halogens is 1. The van der Waals surface area contributed by atoms with Crippen molar-refractivity contribution in [2.45, 2.75) is 31.7 Å². The van der Waals surface area contributed by atoms with Crippen molar-refractivity contribution in [2.24, 2.45) is 0 Å². The third-order valence-corrected chi connectivity index (χ3v) is 4.28. The number of rotatable bonds is 4. The molecule has 1 heterocycles. The van der Waals surface area contributed by atoms with Crippen molar-refractivity contribution in [3.8, 4) is 0 Å². The highest BCUT2D eigenvalue weighted by molar-refractivity contribution is 5.94. The number of nitrogens with zero attached hydrogens (tertiary/aromatic N) is 2. The minimum absolute atomic E-state index is 0.0348. The topological polar surface area (TPSA) is 33.2 Å². The van der Waals surface area contributed by atoms with Crippen LogP contribution in [-0.2, 0) is 6.42 Å². The maximum Gasteiger partial charge on any atom is 0.253 e. The van der Waals surface area contributed by atoms with Gasteiger partial charge in [-0.05, 0) is 49.1 Å². The molecule has 1 aromatic heterocycles. The zero-order valence-corrected chi connectivity index (χ0v) is 12.6. The van der Waals surface area contributed by atoms with Gasteiger partial charge in [-0.2, -0.15) is 0 Å². The fourth-order valence-electron chi connectivity index (χ4n) is 2.71. The van der Waals surface area contributed by atoms with Gasteiger partial charge in [0.15, 0.2) is 0 Å². The molecule has 1 fully saturated rings. The molecule has 0 aliphatic heterocycles. The van der Waals surface area contributed by atoms with Crippen LogP contribution in [0.4, 0.5) is 4.39 Å². The number of carbonyl (C=O) groups is 1. The highest BCUT2D eigenvalue weighted by atomic mass is 19.1. The summed E-state index contributed by atoms with van der Waals surface area (Å²) in [4.78, 5) is 18.6. The highest BCUT2D eigenvalue weighted by Crippen LogP contribution is 2.25. The Bertz CT molecular complexity index is 682. The second kappa shape index (κ2) is 6.26. The Labute approximate surface area is 129 Å². The van der Waals surface area contributed by atoms with E-state index >= 15 is 0 Å². The van der Waals surface area contributed by atoms with Crippen molar-refractivity contribution in [2.75, 3.05) is 7.05 Å². The van der Waals surface area contributed by atoms with E-state index in [4.69, 9.17) is 0 Å². The van der Waals surface area contributed by atoms with Crippen molar-refractivity contribution in [3.05, 3.63) is 65.2 Å². The number of amides is 1. The molecule has 114 valence electrons. The molecule has 1 aromatic carbocycles. The van der Waals surface area contributed by atoms with E-state index in [-0.39, 0.29) is 11.7 Å². The van der Waals surface area contributed by atoms with E-state index in [0.717, 1.165) is 24.1 Å². The molecule has 4 heteroatoms. The number of hydrogen-bond donors (Lipinski definition) is 0. The predicted molar refractivity (Wildman–Crippen MR) is 83.2 cm³/mol. The molecule has 0 saturated heterocycles. The second-order valence-electron chi connectivity index (χ2n) is 5.84. The fraction of sp³-hybridized carbons (Fsp3) is 0.333. The van der Waals surface area contributed by atoms with E-state index in [1.54, 1.807) is 18.3 Å². The smallest absolute Gasteiger partial charge is 0.253 e. The molecule has 1 saturated carbocycles. The van der Waals surface area contributed by atoms with Crippen LogP contribution < -0.4 is 0 Å². The van der Waals surface area contributed by atoms with E-state index in [9.17, 15) is 9.18 Å². The Morgan fingerprint density at radius 1 is 1.32 bits per heavy atom. The molecule has 0 radical (unpaired) electrons. The third-order valence-electron chi connectivity index (χ3n) is 4.28. The summed E-state index contributed by atoms with van der Waals surface area (Å²) in [6, 6.07) is 10.4. The molecule has 0 unspecified atom stereocenters. The Balaban J connectivity index is 1.75. The van der Waals surface area contributed by atoms with Crippen LogP contribution in [-0.4, -0.2) is 28.9 Å². The number of hydrogen-bond acceptors (Lipinski definition) is 2. The summed E-state index contributed by atoms with van der Waals surface area (Å²) in [6.07, 6.45) is 5.54. The molecule has 2 aromatic rings. The molecule has 1 amide bonds. The van der Waals surface area contributed by atoms with Crippen LogP contribution in [0.3, 0.4) is 0 Å². The van der Waals surface area contributed by atoms with Gasteiger partial charge in [-0.15, -0.1) is 0 Å². The van der Waals surface area contributed by atoms with Crippen molar-refractivity contribution in [3.63, 3.8) is 0 Å². The van der Waals surface area contributed by atoms with Crippen LogP contribution in [0.1, 0.15) is 40.9 Å². The van der Waals surface area contributed by atoms with E-state index in [1.807, 2.05) is 24.1 Å². The lowest BCUT2D eigenvalue weighted by molar-refractivity contribution is 0.0652. The van der Waals surface area contributed by atoms with Gasteiger partial charge in [-0.25, -0.2) is 4.39 Å². The van der Waals surface area contributed by atoms with Crippen LogP contribution in [0.25, 0.3) is 0 Å². The first kappa shape index (κ1) is 14.7. The highest BCUT2D eigenvalue weighted by Gasteiger charge is 2.26. The summed E-state index contributed by atoms with van der Waals surface area (Å²) >= 11 is 0. The van der Waals surface area contributed by atoms with Crippen LogP contribution >= 0.6 is 0 Å². The lowest BCUT2D eigenvalue weighted by atomic mass is 9.91. The van der Waals surface area contributed by atoms with Gasteiger partial charge in [0.2, 0.25) is 0 Å². The summed E-state index contributed by atoms with van der Waals surface area (Å²) in [7, 11) is 1.86. The summed E-state index contributed by atoms with van der Waals surface area (Å²) < 4.78 is 13.2. The average molecular weight is 298 g/mol. The minimum atomic E-state index is -0.255. The molecule has 22 heavy (non-hydrogen) atoms.